The summed E-state index contributed by atoms with van der Waals surface area (Å²) < 4.78 is 0. The maximum absolute atomic E-state index is 12.5. The molecule has 0 fully saturated rings. The first-order chi connectivity index (χ1) is 12.5. The Bertz CT molecular complexity index is 882. The lowest BCUT2D eigenvalue weighted by Crippen LogP contribution is -2.42. The Morgan fingerprint density at radius 1 is 1.15 bits per heavy atom. The maximum Gasteiger partial charge on any atom is 0.244 e. The van der Waals surface area contributed by atoms with E-state index in [4.69, 9.17) is 11.6 Å². The molecule has 0 unspecified atom stereocenters. The monoisotopic (exact) mass is 371 g/mol. The third-order valence-corrected chi connectivity index (χ3v) is 4.59. The van der Waals surface area contributed by atoms with E-state index in [0.29, 0.717) is 22.1 Å². The Balaban J connectivity index is 1.63. The second-order valence-electron chi connectivity index (χ2n) is 6.01. The predicted octanol–water partition coefficient (Wildman–Crippen LogP) is 3.35. The molecule has 7 heteroatoms. The minimum absolute atomic E-state index is 0.00700. The first kappa shape index (κ1) is 17.9. The van der Waals surface area contributed by atoms with Gasteiger partial charge in [0.15, 0.2) is 0 Å². The van der Waals surface area contributed by atoms with Crippen molar-refractivity contribution in [3.05, 3.63) is 53.1 Å². The SMILES string of the molecule is Cc1c(Cl)cccc1NC(=O)CCC(=O)N1CC(=O)Nc2ccccc21. The van der Waals surface area contributed by atoms with Gasteiger partial charge in [-0.25, -0.2) is 0 Å². The van der Waals surface area contributed by atoms with Crippen molar-refractivity contribution in [1.29, 1.82) is 0 Å². The topological polar surface area (TPSA) is 78.5 Å². The number of anilines is 3. The Hall–Kier alpha value is -2.86. The smallest absolute Gasteiger partial charge is 0.244 e. The van der Waals surface area contributed by atoms with Gasteiger partial charge in [0, 0.05) is 23.6 Å². The number of benzene rings is 2. The summed E-state index contributed by atoms with van der Waals surface area (Å²) >= 11 is 6.04. The van der Waals surface area contributed by atoms with E-state index in [1.807, 2.05) is 6.92 Å². The van der Waals surface area contributed by atoms with Crippen molar-refractivity contribution in [2.75, 3.05) is 22.1 Å². The fourth-order valence-corrected chi connectivity index (χ4v) is 2.94. The summed E-state index contributed by atoms with van der Waals surface area (Å²) in [6.45, 7) is 1.76. The van der Waals surface area contributed by atoms with Crippen molar-refractivity contribution in [3.8, 4) is 0 Å². The van der Waals surface area contributed by atoms with Crippen LogP contribution in [-0.4, -0.2) is 24.3 Å². The molecular weight excluding hydrogens is 354 g/mol. The number of nitrogens with one attached hydrogen (secondary N) is 2. The molecule has 0 bridgehead atoms. The second-order valence-corrected chi connectivity index (χ2v) is 6.41. The summed E-state index contributed by atoms with van der Waals surface area (Å²) in [6.07, 6.45) is 0.0259. The van der Waals surface area contributed by atoms with E-state index in [0.717, 1.165) is 5.56 Å². The van der Waals surface area contributed by atoms with Crippen LogP contribution in [0.2, 0.25) is 5.02 Å². The zero-order chi connectivity index (χ0) is 18.7. The van der Waals surface area contributed by atoms with Gasteiger partial charge in [0.05, 0.1) is 11.4 Å². The van der Waals surface area contributed by atoms with Crippen LogP contribution >= 0.6 is 11.6 Å². The fraction of sp³-hybridized carbons (Fsp3) is 0.211. The molecule has 2 aromatic rings. The Morgan fingerprint density at radius 3 is 2.73 bits per heavy atom. The van der Waals surface area contributed by atoms with Crippen molar-refractivity contribution >= 4 is 46.4 Å². The number of carbonyl (C=O) groups is 3. The minimum atomic E-state index is -0.279. The van der Waals surface area contributed by atoms with Crippen LogP contribution in [-0.2, 0) is 14.4 Å². The van der Waals surface area contributed by atoms with Crippen LogP contribution in [0.5, 0.6) is 0 Å². The number of carbonyl (C=O) groups excluding carboxylic acids is 3. The molecular formula is C19H18ClN3O3. The third kappa shape index (κ3) is 3.86. The molecule has 0 saturated heterocycles. The molecule has 2 aromatic carbocycles. The van der Waals surface area contributed by atoms with E-state index in [2.05, 4.69) is 10.6 Å². The zero-order valence-corrected chi connectivity index (χ0v) is 15.0. The quantitative estimate of drug-likeness (QED) is 0.865. The summed E-state index contributed by atoms with van der Waals surface area (Å²) in [5.74, 6) is -0.806. The van der Waals surface area contributed by atoms with Crippen molar-refractivity contribution in [2.24, 2.45) is 0 Å². The molecule has 26 heavy (non-hydrogen) atoms. The minimum Gasteiger partial charge on any atom is -0.326 e. The van der Waals surface area contributed by atoms with Gasteiger partial charge >= 0.3 is 0 Å². The number of hydrogen-bond acceptors (Lipinski definition) is 3. The van der Waals surface area contributed by atoms with E-state index in [-0.39, 0.29) is 37.1 Å². The molecule has 0 atom stereocenters. The average molecular weight is 372 g/mol. The van der Waals surface area contributed by atoms with Crippen LogP contribution in [0.15, 0.2) is 42.5 Å². The molecule has 1 aliphatic rings. The summed E-state index contributed by atoms with van der Waals surface area (Å²) in [6, 6.07) is 12.3. The van der Waals surface area contributed by atoms with Crippen molar-refractivity contribution in [2.45, 2.75) is 19.8 Å². The third-order valence-electron chi connectivity index (χ3n) is 4.18. The molecule has 3 rings (SSSR count). The van der Waals surface area contributed by atoms with Crippen LogP contribution in [0.25, 0.3) is 0 Å². The largest absolute Gasteiger partial charge is 0.326 e. The van der Waals surface area contributed by atoms with Gasteiger partial charge in [-0.1, -0.05) is 29.8 Å². The standard InChI is InChI=1S/C19H18ClN3O3/c1-12-13(20)5-4-7-14(12)21-17(24)9-10-19(26)23-11-18(25)22-15-6-2-3-8-16(15)23/h2-8H,9-11H2,1H3,(H,21,24)(H,22,25). The van der Waals surface area contributed by atoms with Gasteiger partial charge < -0.3 is 15.5 Å². The van der Waals surface area contributed by atoms with Crippen molar-refractivity contribution in [3.63, 3.8) is 0 Å². The van der Waals surface area contributed by atoms with E-state index in [1.54, 1.807) is 42.5 Å². The van der Waals surface area contributed by atoms with E-state index in [1.165, 1.54) is 4.90 Å². The van der Waals surface area contributed by atoms with Gasteiger partial charge in [0.2, 0.25) is 17.7 Å². The van der Waals surface area contributed by atoms with Gasteiger partial charge in [0.25, 0.3) is 0 Å². The molecule has 0 aromatic heterocycles. The molecule has 2 N–H and O–H groups in total. The molecule has 0 saturated carbocycles. The number of rotatable bonds is 4. The van der Waals surface area contributed by atoms with Gasteiger partial charge in [-0.05, 0) is 36.8 Å². The van der Waals surface area contributed by atoms with Gasteiger partial charge in [-0.15, -0.1) is 0 Å². The highest BCUT2D eigenvalue weighted by molar-refractivity contribution is 6.31. The summed E-state index contributed by atoms with van der Waals surface area (Å²) in [5.41, 5.74) is 2.63. The highest BCUT2D eigenvalue weighted by atomic mass is 35.5. The van der Waals surface area contributed by atoms with E-state index in [9.17, 15) is 14.4 Å². The lowest BCUT2D eigenvalue weighted by Gasteiger charge is -2.29. The summed E-state index contributed by atoms with van der Waals surface area (Å²) in [5, 5.41) is 6.06. The Labute approximate surface area is 156 Å². The van der Waals surface area contributed by atoms with Crippen LogP contribution in [0.3, 0.4) is 0 Å². The fourth-order valence-electron chi connectivity index (χ4n) is 2.77. The molecule has 1 aliphatic heterocycles. The van der Waals surface area contributed by atoms with E-state index >= 15 is 0 Å². The molecule has 134 valence electrons. The van der Waals surface area contributed by atoms with Gasteiger partial charge in [0.1, 0.15) is 6.54 Å². The Morgan fingerprint density at radius 2 is 1.92 bits per heavy atom. The summed E-state index contributed by atoms with van der Waals surface area (Å²) in [4.78, 5) is 37.9. The van der Waals surface area contributed by atoms with Crippen LogP contribution in [0, 0.1) is 6.92 Å². The highest BCUT2D eigenvalue weighted by Crippen LogP contribution is 2.29. The van der Waals surface area contributed by atoms with Gasteiger partial charge in [-0.2, -0.15) is 0 Å². The number of amides is 3. The van der Waals surface area contributed by atoms with Gasteiger partial charge in [-0.3, -0.25) is 14.4 Å². The number of nitrogens with zero attached hydrogens (tertiary/aromatic N) is 1. The molecule has 1 heterocycles. The molecule has 6 nitrogen and oxygen atoms in total. The first-order valence-corrected chi connectivity index (χ1v) is 8.57. The normalized spacial score (nSPS) is 13.0. The zero-order valence-electron chi connectivity index (χ0n) is 14.2. The van der Waals surface area contributed by atoms with Crippen LogP contribution in [0.4, 0.5) is 17.1 Å². The number of halogens is 1. The lowest BCUT2D eigenvalue weighted by atomic mass is 10.1. The maximum atomic E-state index is 12.5. The van der Waals surface area contributed by atoms with Crippen LogP contribution < -0.4 is 15.5 Å². The molecule has 0 spiro atoms. The average Bonchev–Trinajstić information content (AvgIpc) is 2.62. The Kier molecular flexibility index (Phi) is 5.23. The molecule has 3 amide bonds. The van der Waals surface area contributed by atoms with E-state index < -0.39 is 0 Å². The number of fused-ring (bicyclic) bond motifs is 1. The summed E-state index contributed by atoms with van der Waals surface area (Å²) in [7, 11) is 0. The number of para-hydroxylation sites is 2. The molecule has 0 aliphatic carbocycles. The molecule has 0 radical (unpaired) electrons. The number of hydrogen-bond donors (Lipinski definition) is 2. The van der Waals surface area contributed by atoms with Crippen molar-refractivity contribution < 1.29 is 14.4 Å². The highest BCUT2D eigenvalue weighted by Gasteiger charge is 2.26. The van der Waals surface area contributed by atoms with Crippen molar-refractivity contribution in [1.82, 2.24) is 0 Å². The van der Waals surface area contributed by atoms with Crippen LogP contribution in [0.1, 0.15) is 18.4 Å². The lowest BCUT2D eigenvalue weighted by molar-refractivity contribution is -0.124. The predicted molar refractivity (Wildman–Crippen MR) is 101 cm³/mol. The second kappa shape index (κ2) is 7.58. The first-order valence-electron chi connectivity index (χ1n) is 8.20.